The zero-order valence-electron chi connectivity index (χ0n) is 17.0. The van der Waals surface area contributed by atoms with Gasteiger partial charge in [-0.15, -0.1) is 0 Å². The number of rotatable bonds is 3. The first-order valence-corrected chi connectivity index (χ1v) is 10.2. The van der Waals surface area contributed by atoms with Crippen molar-refractivity contribution in [3.8, 4) is 0 Å². The number of fused-ring (bicyclic) bond motifs is 2. The summed E-state index contributed by atoms with van der Waals surface area (Å²) in [5.41, 5.74) is 0.253. The molecule has 1 aromatic carbocycles. The first-order chi connectivity index (χ1) is 13.8. The van der Waals surface area contributed by atoms with E-state index >= 15 is 0 Å². The van der Waals surface area contributed by atoms with Gasteiger partial charge < -0.3 is 14.2 Å². The second kappa shape index (κ2) is 6.13. The molecule has 0 radical (unpaired) electrons. The van der Waals surface area contributed by atoms with Crippen LogP contribution in [0.2, 0.25) is 0 Å². The third kappa shape index (κ3) is 2.47. The van der Waals surface area contributed by atoms with Gasteiger partial charge in [-0.05, 0) is 30.2 Å². The number of Topliss-reactive ketones (excluding diaryl/α,β-unsaturated/α-hetero) is 1. The predicted molar refractivity (Wildman–Crippen MR) is 107 cm³/mol. The molecule has 2 aliphatic heterocycles. The van der Waals surface area contributed by atoms with Crippen molar-refractivity contribution in [3.05, 3.63) is 53.6 Å². The van der Waals surface area contributed by atoms with Crippen molar-refractivity contribution in [2.45, 2.75) is 57.5 Å². The minimum absolute atomic E-state index is 0.126. The van der Waals surface area contributed by atoms with Gasteiger partial charge in [-0.3, -0.25) is 4.79 Å². The number of hydrogen-bond acceptors (Lipinski definition) is 5. The second-order valence-electron chi connectivity index (χ2n) is 9.20. The Balaban J connectivity index is 1.44. The summed E-state index contributed by atoms with van der Waals surface area (Å²) < 4.78 is 18.4. The molecule has 2 aliphatic carbocycles. The normalized spacial score (nSPS) is 42.7. The monoisotopic (exact) mass is 394 g/mol. The summed E-state index contributed by atoms with van der Waals surface area (Å²) in [6.07, 6.45) is 5.48. The van der Waals surface area contributed by atoms with Crippen LogP contribution in [0.5, 0.6) is 0 Å². The standard InChI is InChI=1S/C24H26O5/c1-15-11-18-22(2,13-17(15)25)23(3)19(12-20(28-18)24(23)14-27-24)29-21(26)10-9-16-7-5-4-6-8-16/h4-11,18-20H,12-14H2,1-3H3/b10-9+/t18-,19-,20-,22+,23-,24?/m1/s1. The molecule has 5 rings (SSSR count). The van der Waals surface area contributed by atoms with E-state index in [0.29, 0.717) is 19.4 Å². The van der Waals surface area contributed by atoms with Crippen LogP contribution in [0.4, 0.5) is 0 Å². The molecule has 0 N–H and O–H groups in total. The molecule has 1 aromatic rings. The van der Waals surface area contributed by atoms with E-state index in [1.165, 1.54) is 6.08 Å². The van der Waals surface area contributed by atoms with Gasteiger partial charge in [-0.2, -0.15) is 0 Å². The molecule has 1 saturated carbocycles. The van der Waals surface area contributed by atoms with Gasteiger partial charge in [0.05, 0.1) is 18.8 Å². The van der Waals surface area contributed by atoms with E-state index in [4.69, 9.17) is 14.2 Å². The van der Waals surface area contributed by atoms with Gasteiger partial charge in [0.2, 0.25) is 0 Å². The summed E-state index contributed by atoms with van der Waals surface area (Å²) in [6.45, 7) is 6.64. The van der Waals surface area contributed by atoms with Gasteiger partial charge in [0.1, 0.15) is 11.7 Å². The molecular formula is C24H26O5. The van der Waals surface area contributed by atoms with E-state index in [2.05, 4.69) is 13.8 Å². The number of carbonyl (C=O) groups is 2. The highest BCUT2D eigenvalue weighted by Gasteiger charge is 2.82. The van der Waals surface area contributed by atoms with Crippen LogP contribution in [-0.4, -0.2) is 42.3 Å². The van der Waals surface area contributed by atoms with E-state index in [0.717, 1.165) is 11.1 Å². The molecule has 1 unspecified atom stereocenters. The number of hydrogen-bond donors (Lipinski definition) is 0. The molecule has 152 valence electrons. The number of allylic oxidation sites excluding steroid dienone is 1. The Morgan fingerprint density at radius 3 is 2.66 bits per heavy atom. The molecule has 0 amide bonds. The van der Waals surface area contributed by atoms with Gasteiger partial charge in [0.25, 0.3) is 0 Å². The Morgan fingerprint density at radius 1 is 1.24 bits per heavy atom. The lowest BCUT2D eigenvalue weighted by Crippen LogP contribution is -2.64. The number of epoxide rings is 1. The average molecular weight is 394 g/mol. The van der Waals surface area contributed by atoms with Crippen molar-refractivity contribution < 1.29 is 23.8 Å². The van der Waals surface area contributed by atoms with E-state index < -0.39 is 16.4 Å². The van der Waals surface area contributed by atoms with Gasteiger partial charge in [-0.25, -0.2) is 4.79 Å². The number of carbonyl (C=O) groups excluding carboxylic acids is 2. The zero-order chi connectivity index (χ0) is 20.4. The van der Waals surface area contributed by atoms with Crippen LogP contribution in [0.25, 0.3) is 6.08 Å². The Morgan fingerprint density at radius 2 is 1.97 bits per heavy atom. The fourth-order valence-corrected chi connectivity index (χ4v) is 5.80. The lowest BCUT2D eigenvalue weighted by molar-refractivity contribution is -0.208. The Bertz CT molecular complexity index is 928. The molecule has 1 spiro atoms. The highest BCUT2D eigenvalue weighted by atomic mass is 16.6. The molecule has 5 nitrogen and oxygen atoms in total. The smallest absolute Gasteiger partial charge is 0.331 e. The summed E-state index contributed by atoms with van der Waals surface area (Å²) >= 11 is 0. The highest BCUT2D eigenvalue weighted by molar-refractivity contribution is 5.96. The molecular weight excluding hydrogens is 368 g/mol. The number of benzene rings is 1. The fourth-order valence-electron chi connectivity index (χ4n) is 5.80. The van der Waals surface area contributed by atoms with Crippen molar-refractivity contribution in [2.24, 2.45) is 10.8 Å². The van der Waals surface area contributed by atoms with Crippen molar-refractivity contribution in [3.63, 3.8) is 0 Å². The number of esters is 1. The number of ketones is 1. The largest absolute Gasteiger partial charge is 0.458 e. The van der Waals surface area contributed by atoms with Crippen LogP contribution >= 0.6 is 0 Å². The Hall–Kier alpha value is -2.24. The third-order valence-corrected chi connectivity index (χ3v) is 7.89. The fraction of sp³-hybridized carbons (Fsp3) is 0.500. The minimum Gasteiger partial charge on any atom is -0.458 e. The van der Waals surface area contributed by atoms with Gasteiger partial charge in [-0.1, -0.05) is 44.2 Å². The Labute approximate surface area is 170 Å². The van der Waals surface area contributed by atoms with Crippen LogP contribution in [0, 0.1) is 10.8 Å². The van der Waals surface area contributed by atoms with E-state index in [1.54, 1.807) is 6.08 Å². The molecule has 5 heteroatoms. The third-order valence-electron chi connectivity index (χ3n) is 7.89. The minimum atomic E-state index is -0.489. The Kier molecular flexibility index (Phi) is 3.97. The SMILES string of the molecule is CC1=C[C@H]2O[C@@H]3C[C@@H](OC(=O)/C=C/c4ccccc4)[C@@](C)(C34CO4)[C@@]2(C)CC1=O. The summed E-state index contributed by atoms with van der Waals surface area (Å²) in [6, 6.07) is 9.65. The molecule has 29 heavy (non-hydrogen) atoms. The molecule has 2 saturated heterocycles. The van der Waals surface area contributed by atoms with Gasteiger partial charge in [0, 0.05) is 29.7 Å². The first kappa shape index (κ1) is 18.8. The number of ether oxygens (including phenoxy) is 3. The molecule has 2 heterocycles. The summed E-state index contributed by atoms with van der Waals surface area (Å²) in [7, 11) is 0. The first-order valence-electron chi connectivity index (χ1n) is 10.2. The molecule has 0 aromatic heterocycles. The molecule has 3 fully saturated rings. The molecule has 4 aliphatic rings. The van der Waals surface area contributed by atoms with Crippen LogP contribution in [0.15, 0.2) is 48.1 Å². The highest BCUT2D eigenvalue weighted by Crippen LogP contribution is 2.71. The van der Waals surface area contributed by atoms with Gasteiger partial charge in [0.15, 0.2) is 5.78 Å². The van der Waals surface area contributed by atoms with E-state index in [9.17, 15) is 9.59 Å². The second-order valence-corrected chi connectivity index (χ2v) is 9.20. The maximum Gasteiger partial charge on any atom is 0.331 e. The topological polar surface area (TPSA) is 65.1 Å². The van der Waals surface area contributed by atoms with Crippen LogP contribution in [0.3, 0.4) is 0 Å². The van der Waals surface area contributed by atoms with E-state index in [-0.39, 0.29) is 30.1 Å². The molecule has 2 bridgehead atoms. The quantitative estimate of drug-likeness (QED) is 0.446. The summed E-state index contributed by atoms with van der Waals surface area (Å²) in [4.78, 5) is 25.3. The summed E-state index contributed by atoms with van der Waals surface area (Å²) in [5, 5.41) is 0. The van der Waals surface area contributed by atoms with Gasteiger partial charge >= 0.3 is 5.97 Å². The lowest BCUT2D eigenvalue weighted by Gasteiger charge is -2.56. The lowest BCUT2D eigenvalue weighted by atomic mass is 9.52. The van der Waals surface area contributed by atoms with Crippen molar-refractivity contribution >= 4 is 17.8 Å². The van der Waals surface area contributed by atoms with Crippen molar-refractivity contribution in [1.29, 1.82) is 0 Å². The predicted octanol–water partition coefficient (Wildman–Crippen LogP) is 3.48. The summed E-state index contributed by atoms with van der Waals surface area (Å²) in [5.74, 6) is -0.249. The molecule has 6 atom stereocenters. The zero-order valence-corrected chi connectivity index (χ0v) is 17.0. The van der Waals surface area contributed by atoms with E-state index in [1.807, 2.05) is 43.3 Å². The maximum absolute atomic E-state index is 12.6. The van der Waals surface area contributed by atoms with Crippen molar-refractivity contribution in [2.75, 3.05) is 6.61 Å². The maximum atomic E-state index is 12.6. The van der Waals surface area contributed by atoms with Crippen molar-refractivity contribution in [1.82, 2.24) is 0 Å². The van der Waals surface area contributed by atoms with Crippen LogP contribution in [0.1, 0.15) is 39.2 Å². The average Bonchev–Trinajstić information content (AvgIpc) is 3.47. The van der Waals surface area contributed by atoms with Crippen LogP contribution in [-0.2, 0) is 23.8 Å². The van der Waals surface area contributed by atoms with Crippen LogP contribution < -0.4 is 0 Å².